The average Bonchev–Trinajstić information content (AvgIpc) is 2.17. The lowest BCUT2D eigenvalue weighted by molar-refractivity contribution is -0.119. The van der Waals surface area contributed by atoms with Crippen LogP contribution in [0.25, 0.3) is 0 Å². The number of hydrogen-bond donors (Lipinski definition) is 2. The molecule has 0 fully saturated rings. The highest BCUT2D eigenvalue weighted by atomic mass is 16.4. The van der Waals surface area contributed by atoms with Gasteiger partial charge in [-0.3, -0.25) is 9.78 Å². The van der Waals surface area contributed by atoms with Gasteiger partial charge in [0.05, 0.1) is 17.3 Å². The van der Waals surface area contributed by atoms with Gasteiger partial charge in [0.15, 0.2) is 0 Å². The Morgan fingerprint density at radius 2 is 2.20 bits per heavy atom. The minimum Gasteiger partial charge on any atom is -0.478 e. The van der Waals surface area contributed by atoms with Gasteiger partial charge < -0.3 is 10.4 Å². The molecule has 1 amide bonds. The smallest absolute Gasteiger partial charge is 0.335 e. The lowest BCUT2D eigenvalue weighted by Crippen LogP contribution is -2.24. The Hall–Kier alpha value is -1.91. The van der Waals surface area contributed by atoms with Crippen LogP contribution in [0.1, 0.15) is 35.9 Å². The summed E-state index contributed by atoms with van der Waals surface area (Å²) in [5.74, 6) is -1.18. The van der Waals surface area contributed by atoms with Crippen molar-refractivity contribution in [2.45, 2.75) is 19.9 Å². The van der Waals surface area contributed by atoms with Crippen LogP contribution in [0, 0.1) is 0 Å². The van der Waals surface area contributed by atoms with Gasteiger partial charge in [-0.15, -0.1) is 0 Å². The molecule has 1 aromatic rings. The van der Waals surface area contributed by atoms with Crippen LogP contribution in [0.4, 0.5) is 0 Å². The second-order valence-electron chi connectivity index (χ2n) is 3.20. The minimum absolute atomic E-state index is 0.164. The molecule has 0 radical (unpaired) electrons. The number of hydrogen-bond acceptors (Lipinski definition) is 3. The normalized spacial score (nSPS) is 11.9. The van der Waals surface area contributed by atoms with E-state index in [-0.39, 0.29) is 17.5 Å². The van der Waals surface area contributed by atoms with E-state index in [4.69, 9.17) is 5.11 Å². The number of carboxylic acid groups (broad SMARTS) is 1. The van der Waals surface area contributed by atoms with E-state index in [1.807, 2.05) is 0 Å². The highest BCUT2D eigenvalue weighted by molar-refractivity contribution is 5.87. The molecule has 15 heavy (non-hydrogen) atoms. The van der Waals surface area contributed by atoms with Crippen molar-refractivity contribution in [2.75, 3.05) is 0 Å². The second-order valence-corrected chi connectivity index (χ2v) is 3.20. The summed E-state index contributed by atoms with van der Waals surface area (Å²) >= 11 is 0. The summed E-state index contributed by atoms with van der Waals surface area (Å²) < 4.78 is 0. The first-order valence-electron chi connectivity index (χ1n) is 4.47. The molecule has 80 valence electrons. The van der Waals surface area contributed by atoms with Crippen LogP contribution in [0.3, 0.4) is 0 Å². The number of amides is 1. The predicted octanol–water partition coefficient (Wildman–Crippen LogP) is 0.977. The highest BCUT2D eigenvalue weighted by Crippen LogP contribution is 2.10. The molecule has 2 N–H and O–H groups in total. The third-order valence-corrected chi connectivity index (χ3v) is 1.89. The molecular formula is C10H12N2O3. The molecule has 1 rings (SSSR count). The van der Waals surface area contributed by atoms with Crippen molar-refractivity contribution < 1.29 is 14.7 Å². The zero-order valence-corrected chi connectivity index (χ0v) is 8.52. The molecular weight excluding hydrogens is 196 g/mol. The minimum atomic E-state index is -1.01. The largest absolute Gasteiger partial charge is 0.478 e. The summed E-state index contributed by atoms with van der Waals surface area (Å²) in [5.41, 5.74) is 0.697. The second kappa shape index (κ2) is 4.54. The van der Waals surface area contributed by atoms with Gasteiger partial charge in [0, 0.05) is 13.1 Å². The van der Waals surface area contributed by atoms with E-state index in [2.05, 4.69) is 10.3 Å². The molecule has 0 spiro atoms. The summed E-state index contributed by atoms with van der Waals surface area (Å²) in [6, 6.07) is 2.57. The van der Waals surface area contributed by atoms with Gasteiger partial charge in [-0.1, -0.05) is 0 Å². The van der Waals surface area contributed by atoms with Crippen molar-refractivity contribution in [3.63, 3.8) is 0 Å². The van der Waals surface area contributed by atoms with Crippen LogP contribution in [0.2, 0.25) is 0 Å². The summed E-state index contributed by atoms with van der Waals surface area (Å²) in [5, 5.41) is 11.4. The highest BCUT2D eigenvalue weighted by Gasteiger charge is 2.10. The zero-order valence-electron chi connectivity index (χ0n) is 8.52. The Morgan fingerprint density at radius 3 is 2.73 bits per heavy atom. The molecule has 0 aromatic carbocycles. The molecule has 5 nitrogen and oxygen atoms in total. The Balaban J connectivity index is 2.89. The van der Waals surface area contributed by atoms with Gasteiger partial charge in [-0.25, -0.2) is 4.79 Å². The van der Waals surface area contributed by atoms with Gasteiger partial charge >= 0.3 is 5.97 Å². The van der Waals surface area contributed by atoms with Crippen LogP contribution in [0.5, 0.6) is 0 Å². The molecule has 0 aliphatic rings. The van der Waals surface area contributed by atoms with E-state index in [1.54, 1.807) is 6.92 Å². The summed E-state index contributed by atoms with van der Waals surface area (Å²) in [4.78, 5) is 25.5. The van der Waals surface area contributed by atoms with Crippen molar-refractivity contribution in [3.05, 3.63) is 29.6 Å². The number of carbonyl (C=O) groups excluding carboxylic acids is 1. The van der Waals surface area contributed by atoms with Crippen molar-refractivity contribution >= 4 is 11.9 Å². The standard InChI is InChI=1S/C10H12N2O3/c1-6(12-7(2)13)9-5-8(10(14)15)3-4-11-9/h3-6H,1-2H3,(H,12,13)(H,14,15). The molecule has 0 aliphatic carbocycles. The van der Waals surface area contributed by atoms with E-state index in [9.17, 15) is 9.59 Å². The Kier molecular flexibility index (Phi) is 3.38. The number of carbonyl (C=O) groups is 2. The number of pyridine rings is 1. The van der Waals surface area contributed by atoms with Crippen molar-refractivity contribution in [3.8, 4) is 0 Å². The lowest BCUT2D eigenvalue weighted by atomic mass is 10.1. The monoisotopic (exact) mass is 208 g/mol. The fourth-order valence-electron chi connectivity index (χ4n) is 1.20. The number of aromatic nitrogens is 1. The molecule has 1 atom stereocenters. The van der Waals surface area contributed by atoms with Gasteiger partial charge in [0.25, 0.3) is 0 Å². The molecule has 1 aromatic heterocycles. The topological polar surface area (TPSA) is 79.3 Å². The maximum atomic E-state index is 10.8. The molecule has 0 aliphatic heterocycles. The zero-order chi connectivity index (χ0) is 11.4. The van der Waals surface area contributed by atoms with E-state index in [1.165, 1.54) is 25.3 Å². The van der Waals surface area contributed by atoms with Crippen LogP contribution in [0.15, 0.2) is 18.3 Å². The van der Waals surface area contributed by atoms with E-state index >= 15 is 0 Å². The number of aromatic carboxylic acids is 1. The first-order valence-corrected chi connectivity index (χ1v) is 4.47. The van der Waals surface area contributed by atoms with E-state index in [0.717, 1.165) is 0 Å². The van der Waals surface area contributed by atoms with Crippen molar-refractivity contribution in [1.29, 1.82) is 0 Å². The lowest BCUT2D eigenvalue weighted by Gasteiger charge is -2.11. The number of nitrogens with one attached hydrogen (secondary N) is 1. The molecule has 0 saturated heterocycles. The van der Waals surface area contributed by atoms with Gasteiger partial charge in [0.2, 0.25) is 5.91 Å². The van der Waals surface area contributed by atoms with Gasteiger partial charge in [0.1, 0.15) is 0 Å². The molecule has 5 heteroatoms. The number of rotatable bonds is 3. The quantitative estimate of drug-likeness (QED) is 0.775. The summed E-state index contributed by atoms with van der Waals surface area (Å²) in [7, 11) is 0. The fraction of sp³-hybridized carbons (Fsp3) is 0.300. The third kappa shape index (κ3) is 3.05. The first-order chi connectivity index (χ1) is 7.00. The SMILES string of the molecule is CC(=O)NC(C)c1cc(C(=O)O)ccn1. The van der Waals surface area contributed by atoms with Crippen LogP contribution < -0.4 is 5.32 Å². The van der Waals surface area contributed by atoms with Crippen molar-refractivity contribution in [2.24, 2.45) is 0 Å². The molecule has 1 unspecified atom stereocenters. The fourth-order valence-corrected chi connectivity index (χ4v) is 1.20. The van der Waals surface area contributed by atoms with Crippen LogP contribution in [-0.2, 0) is 4.79 Å². The number of carboxylic acids is 1. The Morgan fingerprint density at radius 1 is 1.53 bits per heavy atom. The average molecular weight is 208 g/mol. The third-order valence-electron chi connectivity index (χ3n) is 1.89. The summed E-state index contributed by atoms with van der Waals surface area (Å²) in [6.45, 7) is 3.15. The van der Waals surface area contributed by atoms with Gasteiger partial charge in [-0.05, 0) is 19.1 Å². The van der Waals surface area contributed by atoms with E-state index < -0.39 is 5.97 Å². The molecule has 0 bridgehead atoms. The van der Waals surface area contributed by atoms with Gasteiger partial charge in [-0.2, -0.15) is 0 Å². The maximum absolute atomic E-state index is 10.8. The van der Waals surface area contributed by atoms with E-state index in [0.29, 0.717) is 5.69 Å². The first kappa shape index (κ1) is 11.2. The van der Waals surface area contributed by atoms with Crippen molar-refractivity contribution in [1.82, 2.24) is 10.3 Å². The Bertz CT molecular complexity index is 390. The molecule has 1 heterocycles. The maximum Gasteiger partial charge on any atom is 0.335 e. The number of nitrogens with zero attached hydrogens (tertiary/aromatic N) is 1. The predicted molar refractivity (Wildman–Crippen MR) is 53.4 cm³/mol. The Labute approximate surface area is 87.1 Å². The molecule has 0 saturated carbocycles. The van der Waals surface area contributed by atoms with Crippen LogP contribution in [-0.4, -0.2) is 22.0 Å². The van der Waals surface area contributed by atoms with Crippen LogP contribution >= 0.6 is 0 Å². The summed E-state index contributed by atoms with van der Waals surface area (Å²) in [6.07, 6.45) is 1.41.